The van der Waals surface area contributed by atoms with Crippen molar-refractivity contribution in [3.8, 4) is 0 Å². The predicted octanol–water partition coefficient (Wildman–Crippen LogP) is -0.221. The highest BCUT2D eigenvalue weighted by molar-refractivity contribution is 5.85. The van der Waals surface area contributed by atoms with Gasteiger partial charge in [0.2, 0.25) is 5.91 Å². The number of nitrogens with zero attached hydrogens (tertiary/aromatic N) is 4. The maximum absolute atomic E-state index is 12.5. The first-order valence-electron chi connectivity index (χ1n) is 7.22. The number of halogens is 2. The van der Waals surface area contributed by atoms with Crippen molar-refractivity contribution in [3.05, 3.63) is 12.4 Å². The second-order valence-electron chi connectivity index (χ2n) is 5.96. The van der Waals surface area contributed by atoms with Gasteiger partial charge in [-0.15, -0.1) is 29.9 Å². The van der Waals surface area contributed by atoms with Crippen molar-refractivity contribution in [1.29, 1.82) is 0 Å². The predicted molar refractivity (Wildman–Crippen MR) is 88.4 cm³/mol. The molecule has 126 valence electrons. The minimum atomic E-state index is -0.220. The Kier molecular flexibility index (Phi) is 7.05. The summed E-state index contributed by atoms with van der Waals surface area (Å²) in [6.45, 7) is 5.11. The van der Waals surface area contributed by atoms with E-state index in [4.69, 9.17) is 0 Å². The lowest BCUT2D eigenvalue weighted by Crippen LogP contribution is -2.47. The van der Waals surface area contributed by atoms with E-state index in [9.17, 15) is 4.79 Å². The second-order valence-corrected chi connectivity index (χ2v) is 5.96. The van der Waals surface area contributed by atoms with Crippen LogP contribution >= 0.6 is 24.8 Å². The van der Waals surface area contributed by atoms with E-state index in [-0.39, 0.29) is 36.1 Å². The molecule has 2 aliphatic rings. The molecule has 0 saturated carbocycles. The lowest BCUT2D eigenvalue weighted by atomic mass is 9.80. The third-order valence-electron chi connectivity index (χ3n) is 4.47. The third-order valence-corrected chi connectivity index (χ3v) is 4.47. The van der Waals surface area contributed by atoms with E-state index in [1.807, 2.05) is 6.20 Å². The summed E-state index contributed by atoms with van der Waals surface area (Å²) in [5.41, 5.74) is -0.220. The van der Waals surface area contributed by atoms with Crippen LogP contribution in [0.1, 0.15) is 6.42 Å². The van der Waals surface area contributed by atoms with Crippen LogP contribution < -0.4 is 10.6 Å². The molecule has 0 spiro atoms. The zero-order valence-electron chi connectivity index (χ0n) is 12.7. The zero-order valence-corrected chi connectivity index (χ0v) is 14.3. The highest BCUT2D eigenvalue weighted by atomic mass is 35.5. The molecule has 2 N–H and O–H groups in total. The van der Waals surface area contributed by atoms with Gasteiger partial charge in [0, 0.05) is 51.4 Å². The molecule has 0 aliphatic carbocycles. The van der Waals surface area contributed by atoms with Gasteiger partial charge in [-0.2, -0.15) is 0 Å². The van der Waals surface area contributed by atoms with Gasteiger partial charge in [0.15, 0.2) is 0 Å². The molecule has 2 atom stereocenters. The summed E-state index contributed by atoms with van der Waals surface area (Å²) in [4.78, 5) is 14.8. The van der Waals surface area contributed by atoms with Crippen LogP contribution in [0.2, 0.25) is 0 Å². The highest BCUT2D eigenvalue weighted by Crippen LogP contribution is 2.38. The maximum atomic E-state index is 12.5. The lowest BCUT2D eigenvalue weighted by Gasteiger charge is -2.26. The average Bonchev–Trinajstić information content (AvgIpc) is 3.09. The smallest absolute Gasteiger partial charge is 0.229 e. The van der Waals surface area contributed by atoms with Crippen molar-refractivity contribution in [2.45, 2.75) is 13.0 Å². The molecule has 1 aromatic heterocycles. The normalized spacial score (nSPS) is 26.9. The van der Waals surface area contributed by atoms with Gasteiger partial charge in [0.05, 0.1) is 11.6 Å². The Bertz CT molecular complexity index is 471. The molecule has 0 unspecified atom stereocenters. The number of fused-ring (bicyclic) bond motifs is 1. The number of aryl methyl sites for hydroxylation is 1. The first-order chi connectivity index (χ1) is 9.71. The molecule has 0 aromatic carbocycles. The van der Waals surface area contributed by atoms with Crippen LogP contribution in [-0.4, -0.2) is 65.6 Å². The van der Waals surface area contributed by atoms with Gasteiger partial charge in [-0.05, 0) is 13.5 Å². The number of hydrogen-bond acceptors (Lipinski definition) is 5. The Morgan fingerprint density at radius 1 is 1.50 bits per heavy atom. The van der Waals surface area contributed by atoms with Crippen LogP contribution in [0.5, 0.6) is 0 Å². The van der Waals surface area contributed by atoms with Crippen molar-refractivity contribution in [2.24, 2.45) is 11.3 Å². The van der Waals surface area contributed by atoms with E-state index in [0.29, 0.717) is 12.5 Å². The highest BCUT2D eigenvalue weighted by Gasteiger charge is 2.53. The number of rotatable bonds is 5. The van der Waals surface area contributed by atoms with Crippen LogP contribution in [0, 0.1) is 11.3 Å². The largest absolute Gasteiger partial charge is 0.355 e. The van der Waals surface area contributed by atoms with Gasteiger partial charge in [-0.3, -0.25) is 9.48 Å². The second kappa shape index (κ2) is 8.10. The van der Waals surface area contributed by atoms with Gasteiger partial charge >= 0.3 is 0 Å². The van der Waals surface area contributed by atoms with Crippen LogP contribution in [0.15, 0.2) is 12.4 Å². The molecule has 2 fully saturated rings. The summed E-state index contributed by atoms with van der Waals surface area (Å²) in [5.74, 6) is 0.651. The molecule has 0 radical (unpaired) electrons. The summed E-state index contributed by atoms with van der Waals surface area (Å²) < 4.78 is 1.79. The minimum Gasteiger partial charge on any atom is -0.355 e. The first-order valence-corrected chi connectivity index (χ1v) is 7.22. The fourth-order valence-electron chi connectivity index (χ4n) is 3.46. The Morgan fingerprint density at radius 2 is 2.32 bits per heavy atom. The third kappa shape index (κ3) is 3.71. The Hall–Kier alpha value is -0.890. The average molecular weight is 351 g/mol. The number of aromatic nitrogens is 3. The van der Waals surface area contributed by atoms with Crippen molar-refractivity contribution < 1.29 is 4.79 Å². The summed E-state index contributed by atoms with van der Waals surface area (Å²) in [6, 6.07) is 0. The SMILES string of the molecule is CN1C[C@H]2CNC[C@@]2(C(=O)NCCCn2ccnn2)C1.Cl.Cl. The lowest BCUT2D eigenvalue weighted by molar-refractivity contribution is -0.130. The molecule has 7 nitrogen and oxygen atoms in total. The molecule has 0 bridgehead atoms. The van der Waals surface area contributed by atoms with Crippen LogP contribution in [-0.2, 0) is 11.3 Å². The number of hydrogen-bond donors (Lipinski definition) is 2. The minimum absolute atomic E-state index is 0. The number of carbonyl (C=O) groups excluding carboxylic acids is 1. The molecule has 2 aliphatic heterocycles. The molecule has 3 heterocycles. The zero-order chi connectivity index (χ0) is 14.0. The van der Waals surface area contributed by atoms with E-state index < -0.39 is 0 Å². The fourth-order valence-corrected chi connectivity index (χ4v) is 3.46. The van der Waals surface area contributed by atoms with Crippen molar-refractivity contribution in [3.63, 3.8) is 0 Å². The first kappa shape index (κ1) is 19.2. The molecular formula is C13H24Cl2N6O. The maximum Gasteiger partial charge on any atom is 0.229 e. The Balaban J connectivity index is 0.00000121. The van der Waals surface area contributed by atoms with E-state index in [1.165, 1.54) is 0 Å². The van der Waals surface area contributed by atoms with Gasteiger partial charge < -0.3 is 15.5 Å². The van der Waals surface area contributed by atoms with Crippen molar-refractivity contribution in [1.82, 2.24) is 30.5 Å². The number of nitrogens with one attached hydrogen (secondary N) is 2. The van der Waals surface area contributed by atoms with Gasteiger partial charge in [0.25, 0.3) is 0 Å². The van der Waals surface area contributed by atoms with E-state index >= 15 is 0 Å². The molecule has 2 saturated heterocycles. The topological polar surface area (TPSA) is 75.1 Å². The number of likely N-dealkylation sites (tertiary alicyclic amines) is 1. The molecule has 22 heavy (non-hydrogen) atoms. The molecule has 1 aromatic rings. The molecule has 3 rings (SSSR count). The summed E-state index contributed by atoms with van der Waals surface area (Å²) in [6.07, 6.45) is 4.38. The van der Waals surface area contributed by atoms with E-state index in [0.717, 1.165) is 39.1 Å². The summed E-state index contributed by atoms with van der Waals surface area (Å²) in [5, 5.41) is 14.1. The quantitative estimate of drug-likeness (QED) is 0.718. The molecule has 1 amide bonds. The van der Waals surface area contributed by atoms with Crippen molar-refractivity contribution in [2.75, 3.05) is 39.8 Å². The van der Waals surface area contributed by atoms with Gasteiger partial charge in [0.1, 0.15) is 0 Å². The Morgan fingerprint density at radius 3 is 3.05 bits per heavy atom. The summed E-state index contributed by atoms with van der Waals surface area (Å²) in [7, 11) is 2.10. The van der Waals surface area contributed by atoms with Gasteiger partial charge in [-0.25, -0.2) is 0 Å². The van der Waals surface area contributed by atoms with E-state index in [2.05, 4.69) is 32.9 Å². The standard InChI is InChI=1S/C13H22N6O.2ClH/c1-18-8-11-7-14-9-13(11,10-18)12(20)15-3-2-5-19-6-4-16-17-19;;/h4,6,11,14H,2-3,5,7-10H2,1H3,(H,15,20);2*1H/t11-,13-;;/m1../s1. The fraction of sp³-hybridized carbons (Fsp3) is 0.769. The number of amides is 1. The molecular weight excluding hydrogens is 327 g/mol. The molecule has 9 heteroatoms. The van der Waals surface area contributed by atoms with Crippen LogP contribution in [0.25, 0.3) is 0 Å². The monoisotopic (exact) mass is 350 g/mol. The number of carbonyl (C=O) groups is 1. The van der Waals surface area contributed by atoms with Crippen molar-refractivity contribution >= 4 is 30.7 Å². The Labute approximate surface area is 143 Å². The summed E-state index contributed by atoms with van der Waals surface area (Å²) >= 11 is 0. The van der Waals surface area contributed by atoms with Crippen LogP contribution in [0.4, 0.5) is 0 Å². The van der Waals surface area contributed by atoms with Gasteiger partial charge in [-0.1, -0.05) is 5.21 Å². The van der Waals surface area contributed by atoms with E-state index in [1.54, 1.807) is 10.9 Å². The van der Waals surface area contributed by atoms with Crippen LogP contribution in [0.3, 0.4) is 0 Å².